The Balaban J connectivity index is 1.59. The summed E-state index contributed by atoms with van der Waals surface area (Å²) in [7, 11) is 4.01. The highest BCUT2D eigenvalue weighted by Crippen LogP contribution is 2.25. The quantitative estimate of drug-likeness (QED) is 0.786. The van der Waals surface area contributed by atoms with Crippen LogP contribution in [0.15, 0.2) is 0 Å². The van der Waals surface area contributed by atoms with Gasteiger partial charge in [-0.2, -0.15) is 0 Å². The lowest BCUT2D eigenvalue weighted by molar-refractivity contribution is -0.132. The lowest BCUT2D eigenvalue weighted by Crippen LogP contribution is -2.43. The van der Waals surface area contributed by atoms with E-state index >= 15 is 0 Å². The third-order valence-corrected chi connectivity index (χ3v) is 5.38. The first-order valence-corrected chi connectivity index (χ1v) is 9.59. The molecule has 1 unspecified atom stereocenters. The van der Waals surface area contributed by atoms with Crippen LogP contribution >= 0.6 is 0 Å². The number of carbonyl (C=O) groups is 1. The first-order chi connectivity index (χ1) is 12.5. The van der Waals surface area contributed by atoms with Gasteiger partial charge in [0.1, 0.15) is 11.6 Å². The van der Waals surface area contributed by atoms with Crippen molar-refractivity contribution in [3.63, 3.8) is 0 Å². The summed E-state index contributed by atoms with van der Waals surface area (Å²) in [4.78, 5) is 28.3. The third-order valence-electron chi connectivity index (χ3n) is 5.38. The SMILES string of the molecule is Cc1nc2c(c(N(C)C)n1)CCN(C(=O)CCC(C)N1CCOCC1)C2. The lowest BCUT2D eigenvalue weighted by Gasteiger charge is -2.33. The van der Waals surface area contributed by atoms with E-state index in [1.807, 2.05) is 30.8 Å². The molecule has 2 aliphatic rings. The number of morpholine rings is 1. The van der Waals surface area contributed by atoms with Crippen LogP contribution in [-0.2, 0) is 22.5 Å². The van der Waals surface area contributed by atoms with Crippen molar-refractivity contribution in [1.29, 1.82) is 0 Å². The molecule has 26 heavy (non-hydrogen) atoms. The van der Waals surface area contributed by atoms with Crippen molar-refractivity contribution >= 4 is 11.7 Å². The third kappa shape index (κ3) is 4.32. The number of aromatic nitrogens is 2. The summed E-state index contributed by atoms with van der Waals surface area (Å²) in [6, 6.07) is 0.421. The molecule has 144 valence electrons. The fourth-order valence-corrected chi connectivity index (χ4v) is 3.81. The molecule has 3 heterocycles. The minimum Gasteiger partial charge on any atom is -0.379 e. The smallest absolute Gasteiger partial charge is 0.222 e. The van der Waals surface area contributed by atoms with Crippen LogP contribution in [0.1, 0.15) is 36.8 Å². The van der Waals surface area contributed by atoms with Crippen LogP contribution in [0, 0.1) is 6.92 Å². The van der Waals surface area contributed by atoms with Crippen molar-refractivity contribution in [3.8, 4) is 0 Å². The molecule has 7 nitrogen and oxygen atoms in total. The van der Waals surface area contributed by atoms with Gasteiger partial charge in [0, 0.05) is 51.8 Å². The van der Waals surface area contributed by atoms with Gasteiger partial charge in [-0.05, 0) is 26.7 Å². The average Bonchev–Trinajstić information content (AvgIpc) is 2.65. The van der Waals surface area contributed by atoms with E-state index in [0.29, 0.717) is 19.0 Å². The minimum absolute atomic E-state index is 0.235. The first kappa shape index (κ1) is 19.0. The highest BCUT2D eigenvalue weighted by Gasteiger charge is 2.26. The van der Waals surface area contributed by atoms with E-state index < -0.39 is 0 Å². The Morgan fingerprint density at radius 1 is 1.23 bits per heavy atom. The summed E-state index contributed by atoms with van der Waals surface area (Å²) in [5.74, 6) is 1.99. The zero-order valence-corrected chi connectivity index (χ0v) is 16.5. The molecular formula is C19H31N5O2. The molecule has 1 saturated heterocycles. The Morgan fingerprint density at radius 3 is 2.65 bits per heavy atom. The van der Waals surface area contributed by atoms with Crippen molar-refractivity contribution in [2.75, 3.05) is 51.8 Å². The lowest BCUT2D eigenvalue weighted by atomic mass is 10.0. The molecule has 3 rings (SSSR count). The summed E-state index contributed by atoms with van der Waals surface area (Å²) in [5.41, 5.74) is 2.19. The fraction of sp³-hybridized carbons (Fsp3) is 0.737. The van der Waals surface area contributed by atoms with Gasteiger partial charge in [0.05, 0.1) is 25.5 Å². The zero-order chi connectivity index (χ0) is 18.7. The van der Waals surface area contributed by atoms with Crippen molar-refractivity contribution in [2.45, 2.75) is 45.7 Å². The fourth-order valence-electron chi connectivity index (χ4n) is 3.81. The number of hydrogen-bond acceptors (Lipinski definition) is 6. The Bertz CT molecular complexity index is 643. The monoisotopic (exact) mass is 361 g/mol. The first-order valence-electron chi connectivity index (χ1n) is 9.59. The summed E-state index contributed by atoms with van der Waals surface area (Å²) in [5, 5.41) is 0. The van der Waals surface area contributed by atoms with Crippen molar-refractivity contribution < 1.29 is 9.53 Å². The number of fused-ring (bicyclic) bond motifs is 1. The van der Waals surface area contributed by atoms with Crippen molar-refractivity contribution in [1.82, 2.24) is 19.8 Å². The maximum atomic E-state index is 12.7. The molecule has 1 amide bonds. The molecular weight excluding hydrogens is 330 g/mol. The van der Waals surface area contributed by atoms with Gasteiger partial charge in [0.2, 0.25) is 5.91 Å². The minimum atomic E-state index is 0.235. The van der Waals surface area contributed by atoms with Crippen molar-refractivity contribution in [2.24, 2.45) is 0 Å². The number of aryl methyl sites for hydroxylation is 1. The second kappa shape index (κ2) is 8.31. The van der Waals surface area contributed by atoms with E-state index in [-0.39, 0.29) is 5.91 Å². The Morgan fingerprint density at radius 2 is 1.96 bits per heavy atom. The molecule has 0 radical (unpaired) electrons. The molecule has 0 saturated carbocycles. The Labute approximate surface area is 156 Å². The van der Waals surface area contributed by atoms with E-state index in [1.165, 1.54) is 5.56 Å². The number of nitrogens with zero attached hydrogens (tertiary/aromatic N) is 5. The van der Waals surface area contributed by atoms with Crippen LogP contribution in [0.5, 0.6) is 0 Å². The van der Waals surface area contributed by atoms with Crippen molar-refractivity contribution in [3.05, 3.63) is 17.1 Å². The number of rotatable bonds is 5. The number of hydrogen-bond donors (Lipinski definition) is 0. The summed E-state index contributed by atoms with van der Waals surface area (Å²) in [6.45, 7) is 9.02. The topological polar surface area (TPSA) is 61.8 Å². The number of ether oxygens (including phenoxy) is 1. The van der Waals surface area contributed by atoms with E-state index in [9.17, 15) is 4.79 Å². The summed E-state index contributed by atoms with van der Waals surface area (Å²) >= 11 is 0. The highest BCUT2D eigenvalue weighted by molar-refractivity contribution is 5.76. The maximum Gasteiger partial charge on any atom is 0.222 e. The molecule has 0 spiro atoms. The highest BCUT2D eigenvalue weighted by atomic mass is 16.5. The van der Waals surface area contributed by atoms with Gasteiger partial charge in [0.15, 0.2) is 0 Å². The number of carbonyl (C=O) groups excluding carboxylic acids is 1. The predicted molar refractivity (Wildman–Crippen MR) is 101 cm³/mol. The summed E-state index contributed by atoms with van der Waals surface area (Å²) < 4.78 is 5.41. The maximum absolute atomic E-state index is 12.7. The van der Waals surface area contributed by atoms with E-state index in [2.05, 4.69) is 21.8 Å². The molecule has 0 bridgehead atoms. The van der Waals surface area contributed by atoms with Crippen LogP contribution in [0.4, 0.5) is 5.82 Å². The van der Waals surface area contributed by atoms with Gasteiger partial charge < -0.3 is 14.5 Å². The average molecular weight is 361 g/mol. The van der Waals surface area contributed by atoms with Gasteiger partial charge in [-0.1, -0.05) is 0 Å². The van der Waals surface area contributed by atoms with Gasteiger partial charge >= 0.3 is 0 Å². The molecule has 1 fully saturated rings. The molecule has 0 N–H and O–H groups in total. The largest absolute Gasteiger partial charge is 0.379 e. The Kier molecular flexibility index (Phi) is 6.09. The van der Waals surface area contributed by atoms with Gasteiger partial charge in [-0.3, -0.25) is 9.69 Å². The second-order valence-electron chi connectivity index (χ2n) is 7.52. The number of amides is 1. The van der Waals surface area contributed by atoms with Crippen LogP contribution in [0.25, 0.3) is 0 Å². The van der Waals surface area contributed by atoms with Crippen LogP contribution in [-0.4, -0.2) is 78.7 Å². The van der Waals surface area contributed by atoms with Gasteiger partial charge in [0.25, 0.3) is 0 Å². The zero-order valence-electron chi connectivity index (χ0n) is 16.5. The van der Waals surface area contributed by atoms with E-state index in [4.69, 9.17) is 4.74 Å². The van der Waals surface area contributed by atoms with Crippen LogP contribution < -0.4 is 4.90 Å². The molecule has 1 aromatic heterocycles. The molecule has 0 aromatic carbocycles. The van der Waals surface area contributed by atoms with E-state index in [0.717, 1.165) is 63.0 Å². The molecule has 7 heteroatoms. The van der Waals surface area contributed by atoms with Gasteiger partial charge in [-0.15, -0.1) is 0 Å². The second-order valence-corrected chi connectivity index (χ2v) is 7.52. The Hall–Kier alpha value is -1.73. The predicted octanol–water partition coefficient (Wildman–Crippen LogP) is 1.24. The number of anilines is 1. The standard InChI is InChI=1S/C19H31N5O2/c1-14(23-9-11-26-12-10-23)5-6-18(25)24-8-7-16-17(13-24)20-15(2)21-19(16)22(3)4/h14H,5-13H2,1-4H3. The molecule has 1 aromatic rings. The molecule has 0 aliphatic carbocycles. The summed E-state index contributed by atoms with van der Waals surface area (Å²) in [6.07, 6.45) is 2.32. The van der Waals surface area contributed by atoms with Crippen LogP contribution in [0.3, 0.4) is 0 Å². The molecule has 2 aliphatic heterocycles. The normalized spacial score (nSPS) is 19.2. The van der Waals surface area contributed by atoms with E-state index in [1.54, 1.807) is 0 Å². The van der Waals surface area contributed by atoms with Crippen LogP contribution in [0.2, 0.25) is 0 Å². The van der Waals surface area contributed by atoms with Gasteiger partial charge in [-0.25, -0.2) is 9.97 Å². The molecule has 1 atom stereocenters.